The highest BCUT2D eigenvalue weighted by molar-refractivity contribution is 5.60. The maximum Gasteiger partial charge on any atom is 0.180 e. The maximum absolute atomic E-state index is 4.67. The summed E-state index contributed by atoms with van der Waals surface area (Å²) in [5, 5.41) is 3.19. The monoisotopic (exact) mass is 270 g/mol. The molecule has 0 aromatic carbocycles. The van der Waals surface area contributed by atoms with Crippen LogP contribution in [0, 0.1) is 6.92 Å². The van der Waals surface area contributed by atoms with Gasteiger partial charge < -0.3 is 5.32 Å². The van der Waals surface area contributed by atoms with Crippen molar-refractivity contribution in [1.29, 1.82) is 0 Å². The smallest absolute Gasteiger partial charge is 0.180 e. The van der Waals surface area contributed by atoms with E-state index < -0.39 is 0 Å². The van der Waals surface area contributed by atoms with Crippen LogP contribution in [-0.4, -0.2) is 22.0 Å². The molecule has 20 heavy (non-hydrogen) atoms. The summed E-state index contributed by atoms with van der Waals surface area (Å²) in [6.45, 7) is 8.47. The zero-order chi connectivity index (χ0) is 14.7. The molecule has 0 aliphatic rings. The molecule has 2 aromatic rings. The highest BCUT2D eigenvalue weighted by atomic mass is 15.0. The number of hydrogen-bond acceptors (Lipinski definition) is 4. The average Bonchev–Trinajstić information content (AvgIpc) is 2.45. The van der Waals surface area contributed by atoms with Crippen LogP contribution in [0.1, 0.15) is 43.5 Å². The van der Waals surface area contributed by atoms with Gasteiger partial charge in [0.1, 0.15) is 11.5 Å². The van der Waals surface area contributed by atoms with E-state index in [0.717, 1.165) is 23.6 Å². The molecule has 0 fully saturated rings. The molecule has 1 N–H and O–H groups in total. The Balaban J connectivity index is 2.62. The Morgan fingerprint density at radius 2 is 2.00 bits per heavy atom. The Morgan fingerprint density at radius 1 is 1.25 bits per heavy atom. The zero-order valence-corrected chi connectivity index (χ0v) is 12.9. The van der Waals surface area contributed by atoms with Crippen LogP contribution >= 0.6 is 0 Å². The summed E-state index contributed by atoms with van der Waals surface area (Å²) in [5.74, 6) is 1.99. The minimum atomic E-state index is 0.390. The predicted octanol–water partition coefficient (Wildman–Crippen LogP) is 3.57. The molecule has 0 spiro atoms. The van der Waals surface area contributed by atoms with Gasteiger partial charge in [0.15, 0.2) is 5.82 Å². The van der Waals surface area contributed by atoms with Crippen molar-refractivity contribution >= 4 is 5.82 Å². The normalized spacial score (nSPS) is 10.9. The summed E-state index contributed by atoms with van der Waals surface area (Å²) in [4.78, 5) is 13.8. The maximum atomic E-state index is 4.67. The van der Waals surface area contributed by atoms with E-state index in [-0.39, 0.29) is 0 Å². The van der Waals surface area contributed by atoms with Gasteiger partial charge in [-0.1, -0.05) is 26.8 Å². The van der Waals surface area contributed by atoms with Gasteiger partial charge in [-0.05, 0) is 30.9 Å². The van der Waals surface area contributed by atoms with Crippen molar-refractivity contribution in [3.05, 3.63) is 35.2 Å². The fourth-order valence-corrected chi connectivity index (χ4v) is 2.49. The third-order valence-corrected chi connectivity index (χ3v) is 3.43. The molecule has 0 aliphatic heterocycles. The lowest BCUT2D eigenvalue weighted by molar-refractivity contribution is 0.832. The predicted molar refractivity (Wildman–Crippen MR) is 83.0 cm³/mol. The van der Waals surface area contributed by atoms with Crippen molar-refractivity contribution in [2.75, 3.05) is 12.4 Å². The molecule has 0 aliphatic carbocycles. The second-order valence-electron chi connectivity index (χ2n) is 5.16. The van der Waals surface area contributed by atoms with Gasteiger partial charge in [-0.2, -0.15) is 0 Å². The third kappa shape index (κ3) is 2.64. The molecule has 0 saturated carbocycles. The van der Waals surface area contributed by atoms with E-state index >= 15 is 0 Å². The molecule has 2 rings (SSSR count). The van der Waals surface area contributed by atoms with Crippen molar-refractivity contribution in [3.8, 4) is 11.5 Å². The molecule has 4 nitrogen and oxygen atoms in total. The first-order valence-electron chi connectivity index (χ1n) is 7.09. The number of aryl methyl sites for hydroxylation is 2. The van der Waals surface area contributed by atoms with E-state index in [1.807, 2.05) is 20.0 Å². The molecule has 4 heteroatoms. The Hall–Kier alpha value is -1.97. The summed E-state index contributed by atoms with van der Waals surface area (Å²) in [5.41, 5.74) is 4.24. The minimum Gasteiger partial charge on any atom is -0.373 e. The van der Waals surface area contributed by atoms with Gasteiger partial charge >= 0.3 is 0 Å². The van der Waals surface area contributed by atoms with Gasteiger partial charge in [0, 0.05) is 24.5 Å². The number of pyridine rings is 1. The van der Waals surface area contributed by atoms with E-state index in [1.54, 1.807) is 6.20 Å². The summed E-state index contributed by atoms with van der Waals surface area (Å²) in [6, 6.07) is 4.03. The van der Waals surface area contributed by atoms with Crippen LogP contribution < -0.4 is 5.32 Å². The SMILES string of the molecule is CCc1cccnc1-c1nc(C)c(C(C)C)c(NC)n1. The van der Waals surface area contributed by atoms with E-state index in [4.69, 9.17) is 0 Å². The first kappa shape index (κ1) is 14.4. The first-order valence-corrected chi connectivity index (χ1v) is 7.09. The summed E-state index contributed by atoms with van der Waals surface area (Å²) in [6.07, 6.45) is 2.72. The molecule has 0 saturated heterocycles. The number of nitrogens with one attached hydrogen (secondary N) is 1. The van der Waals surface area contributed by atoms with E-state index in [0.29, 0.717) is 11.7 Å². The summed E-state index contributed by atoms with van der Waals surface area (Å²) < 4.78 is 0. The summed E-state index contributed by atoms with van der Waals surface area (Å²) >= 11 is 0. The van der Waals surface area contributed by atoms with Gasteiger partial charge in [0.2, 0.25) is 0 Å². The van der Waals surface area contributed by atoms with E-state index in [1.165, 1.54) is 11.1 Å². The standard InChI is InChI=1S/C16H22N4/c1-6-12-8-7-9-18-14(12)16-19-11(4)13(10(2)3)15(17-5)20-16/h7-10H,6H2,1-5H3,(H,17,19,20). The van der Waals surface area contributed by atoms with Crippen molar-refractivity contribution in [2.45, 2.75) is 40.0 Å². The molecule has 0 radical (unpaired) electrons. The van der Waals surface area contributed by atoms with E-state index in [2.05, 4.69) is 47.1 Å². The molecule has 2 aromatic heterocycles. The first-order chi connectivity index (χ1) is 9.58. The quantitative estimate of drug-likeness (QED) is 0.922. The Bertz CT molecular complexity index is 605. The van der Waals surface area contributed by atoms with Crippen LogP contribution in [0.3, 0.4) is 0 Å². The van der Waals surface area contributed by atoms with Crippen LogP contribution in [0.4, 0.5) is 5.82 Å². The number of hydrogen-bond donors (Lipinski definition) is 1. The molecule has 0 bridgehead atoms. The van der Waals surface area contributed by atoms with E-state index in [9.17, 15) is 0 Å². The van der Waals surface area contributed by atoms with Crippen molar-refractivity contribution in [3.63, 3.8) is 0 Å². The van der Waals surface area contributed by atoms with Gasteiger partial charge in [-0.25, -0.2) is 9.97 Å². The molecular weight excluding hydrogens is 248 g/mol. The van der Waals surface area contributed by atoms with Crippen molar-refractivity contribution in [1.82, 2.24) is 15.0 Å². The highest BCUT2D eigenvalue weighted by Crippen LogP contribution is 2.28. The number of anilines is 1. The Morgan fingerprint density at radius 3 is 2.60 bits per heavy atom. The lowest BCUT2D eigenvalue weighted by atomic mass is 10.0. The lowest BCUT2D eigenvalue weighted by Crippen LogP contribution is -2.08. The van der Waals surface area contributed by atoms with Crippen LogP contribution in [0.25, 0.3) is 11.5 Å². The number of rotatable bonds is 4. The molecule has 0 atom stereocenters. The second kappa shape index (κ2) is 5.99. The third-order valence-electron chi connectivity index (χ3n) is 3.43. The fourth-order valence-electron chi connectivity index (χ4n) is 2.49. The largest absolute Gasteiger partial charge is 0.373 e. The topological polar surface area (TPSA) is 50.7 Å². The minimum absolute atomic E-state index is 0.390. The molecule has 106 valence electrons. The zero-order valence-electron chi connectivity index (χ0n) is 12.9. The molecule has 0 unspecified atom stereocenters. The number of nitrogens with zero attached hydrogens (tertiary/aromatic N) is 3. The van der Waals surface area contributed by atoms with Gasteiger partial charge in [-0.15, -0.1) is 0 Å². The second-order valence-corrected chi connectivity index (χ2v) is 5.16. The Labute approximate surface area is 120 Å². The van der Waals surface area contributed by atoms with Crippen LogP contribution in [0.2, 0.25) is 0 Å². The fraction of sp³-hybridized carbons (Fsp3) is 0.438. The molecule has 2 heterocycles. The lowest BCUT2D eigenvalue weighted by Gasteiger charge is -2.16. The van der Waals surface area contributed by atoms with Crippen molar-refractivity contribution < 1.29 is 0 Å². The van der Waals surface area contributed by atoms with Gasteiger partial charge in [0.25, 0.3) is 0 Å². The highest BCUT2D eigenvalue weighted by Gasteiger charge is 2.16. The molecular formula is C16H22N4. The van der Waals surface area contributed by atoms with Crippen LogP contribution in [0.15, 0.2) is 18.3 Å². The van der Waals surface area contributed by atoms with Gasteiger partial charge in [-0.3, -0.25) is 4.98 Å². The van der Waals surface area contributed by atoms with Crippen molar-refractivity contribution in [2.24, 2.45) is 0 Å². The van der Waals surface area contributed by atoms with Crippen LogP contribution in [0.5, 0.6) is 0 Å². The van der Waals surface area contributed by atoms with Gasteiger partial charge in [0.05, 0.1) is 0 Å². The molecule has 0 amide bonds. The Kier molecular flexibility index (Phi) is 4.32. The summed E-state index contributed by atoms with van der Waals surface area (Å²) in [7, 11) is 1.90. The number of aromatic nitrogens is 3. The average molecular weight is 270 g/mol. The van der Waals surface area contributed by atoms with Crippen LogP contribution in [-0.2, 0) is 6.42 Å².